The van der Waals surface area contributed by atoms with E-state index < -0.39 is 5.60 Å². The molecule has 0 saturated heterocycles. The molecule has 3 rings (SSSR count). The Kier molecular flexibility index (Phi) is 3.85. The van der Waals surface area contributed by atoms with Crippen LogP contribution in [0.2, 0.25) is 0 Å². The first-order valence-corrected chi connectivity index (χ1v) is 7.75. The normalized spacial score (nSPS) is 15.6. The van der Waals surface area contributed by atoms with Gasteiger partial charge in [0.1, 0.15) is 22.9 Å². The summed E-state index contributed by atoms with van der Waals surface area (Å²) in [6.07, 6.45) is 2.22. The molecule has 1 N–H and O–H groups in total. The topological polar surface area (TPSA) is 68.4 Å². The van der Waals surface area contributed by atoms with E-state index in [-0.39, 0.29) is 5.56 Å². The molecule has 1 aromatic carbocycles. The van der Waals surface area contributed by atoms with Crippen LogP contribution in [0.5, 0.6) is 11.5 Å². The fourth-order valence-corrected chi connectivity index (χ4v) is 2.79. The van der Waals surface area contributed by atoms with Crippen LogP contribution in [-0.2, 0) is 4.79 Å². The number of aromatic amines is 1. The van der Waals surface area contributed by atoms with Gasteiger partial charge in [-0.25, -0.2) is 0 Å². The lowest BCUT2D eigenvalue weighted by Gasteiger charge is -2.34. The molecule has 1 aliphatic heterocycles. The fourth-order valence-electron chi connectivity index (χ4n) is 2.43. The summed E-state index contributed by atoms with van der Waals surface area (Å²) in [4.78, 5) is 25.6. The lowest BCUT2D eigenvalue weighted by atomic mass is 9.91. The number of ether oxygens (including phenoxy) is 2. The first kappa shape index (κ1) is 15.6. The van der Waals surface area contributed by atoms with E-state index in [1.165, 1.54) is 12.3 Å². The molecule has 0 radical (unpaired) electrons. The molecule has 0 bridgehead atoms. The van der Waals surface area contributed by atoms with Crippen LogP contribution in [0.15, 0.2) is 51.4 Å². The number of fused-ring (bicyclic) bond motifs is 1. The zero-order chi connectivity index (χ0) is 16.6. The largest absolute Gasteiger partial charge is 0.482 e. The van der Waals surface area contributed by atoms with Crippen molar-refractivity contribution in [1.29, 1.82) is 0 Å². The highest BCUT2D eigenvalue weighted by atomic mass is 79.9. The van der Waals surface area contributed by atoms with Crippen LogP contribution >= 0.6 is 15.9 Å². The van der Waals surface area contributed by atoms with Gasteiger partial charge in [0, 0.05) is 16.7 Å². The number of hydrogen-bond acceptors (Lipinski definition) is 4. The number of aromatic nitrogens is 1. The van der Waals surface area contributed by atoms with Crippen LogP contribution < -0.4 is 15.0 Å². The maximum absolute atomic E-state index is 11.6. The number of carbonyl (C=O) groups is 1. The highest BCUT2D eigenvalue weighted by Gasteiger charge is 2.36. The number of H-pyrrole nitrogens is 1. The third-order valence-electron chi connectivity index (χ3n) is 3.53. The number of benzene rings is 1. The van der Waals surface area contributed by atoms with Gasteiger partial charge >= 0.3 is 0 Å². The van der Waals surface area contributed by atoms with E-state index in [0.29, 0.717) is 28.4 Å². The molecule has 0 amide bonds. The standard InChI is InChI=1S/C17H14BrNO4/c1-17(2)13(9-20)16(22-11-5-6-19-15(21)8-11)12-7-10(18)3-4-14(12)23-17/h3-9H,1-2H3,(H,19,21). The van der Waals surface area contributed by atoms with E-state index in [1.807, 2.05) is 18.2 Å². The summed E-state index contributed by atoms with van der Waals surface area (Å²) < 4.78 is 12.6. The molecule has 0 fully saturated rings. The first-order valence-electron chi connectivity index (χ1n) is 6.96. The lowest BCUT2D eigenvalue weighted by molar-refractivity contribution is -0.106. The number of pyridine rings is 1. The smallest absolute Gasteiger partial charge is 0.251 e. The van der Waals surface area contributed by atoms with Gasteiger partial charge in [0.2, 0.25) is 0 Å². The zero-order valence-electron chi connectivity index (χ0n) is 12.6. The summed E-state index contributed by atoms with van der Waals surface area (Å²) in [6, 6.07) is 8.43. The van der Waals surface area contributed by atoms with Crippen molar-refractivity contribution in [3.05, 3.63) is 62.5 Å². The molecule has 6 heteroatoms. The van der Waals surface area contributed by atoms with Crippen molar-refractivity contribution >= 4 is 28.0 Å². The molecule has 5 nitrogen and oxygen atoms in total. The molecular weight excluding hydrogens is 362 g/mol. The van der Waals surface area contributed by atoms with Crippen molar-refractivity contribution in [3.63, 3.8) is 0 Å². The maximum Gasteiger partial charge on any atom is 0.251 e. The number of aldehydes is 1. The molecule has 0 aliphatic carbocycles. The second kappa shape index (κ2) is 5.70. The van der Waals surface area contributed by atoms with Crippen LogP contribution in [0.4, 0.5) is 0 Å². The van der Waals surface area contributed by atoms with Crippen LogP contribution in [0, 0.1) is 0 Å². The van der Waals surface area contributed by atoms with E-state index in [4.69, 9.17) is 9.47 Å². The molecule has 1 aliphatic rings. The lowest BCUT2D eigenvalue weighted by Crippen LogP contribution is -2.36. The number of rotatable bonds is 3. The minimum absolute atomic E-state index is 0.281. The van der Waals surface area contributed by atoms with E-state index in [0.717, 1.165) is 10.8 Å². The number of carbonyl (C=O) groups excluding carboxylic acids is 1. The average Bonchev–Trinajstić information content (AvgIpc) is 2.48. The van der Waals surface area contributed by atoms with Gasteiger partial charge in [0.05, 0.1) is 11.1 Å². The summed E-state index contributed by atoms with van der Waals surface area (Å²) in [5, 5.41) is 0. The molecule has 1 aromatic heterocycles. The fraction of sp³-hybridized carbons (Fsp3) is 0.176. The van der Waals surface area contributed by atoms with Gasteiger partial charge in [-0.2, -0.15) is 0 Å². The van der Waals surface area contributed by atoms with Crippen molar-refractivity contribution in [1.82, 2.24) is 4.98 Å². The predicted molar refractivity (Wildman–Crippen MR) is 89.5 cm³/mol. The van der Waals surface area contributed by atoms with Crippen molar-refractivity contribution in [2.75, 3.05) is 0 Å². The third kappa shape index (κ3) is 2.94. The Morgan fingerprint density at radius 3 is 2.74 bits per heavy atom. The van der Waals surface area contributed by atoms with Crippen molar-refractivity contribution in [2.24, 2.45) is 0 Å². The maximum atomic E-state index is 11.6. The van der Waals surface area contributed by atoms with Gasteiger partial charge in [-0.05, 0) is 38.1 Å². The van der Waals surface area contributed by atoms with Crippen molar-refractivity contribution in [3.8, 4) is 11.5 Å². The molecule has 2 aromatic rings. The SMILES string of the molecule is CC1(C)Oc2ccc(Br)cc2C(Oc2cc[nH]c(=O)c2)=C1C=O. The van der Waals surface area contributed by atoms with Crippen molar-refractivity contribution < 1.29 is 14.3 Å². The van der Waals surface area contributed by atoms with Gasteiger partial charge < -0.3 is 14.5 Å². The van der Waals surface area contributed by atoms with Crippen LogP contribution in [0.25, 0.3) is 5.76 Å². The Labute approximate surface area is 141 Å². The molecule has 0 saturated carbocycles. The molecule has 2 heterocycles. The van der Waals surface area contributed by atoms with E-state index >= 15 is 0 Å². The van der Waals surface area contributed by atoms with E-state index in [2.05, 4.69) is 20.9 Å². The van der Waals surface area contributed by atoms with Gasteiger partial charge in [-0.3, -0.25) is 9.59 Å². The number of hydrogen-bond donors (Lipinski definition) is 1. The average molecular weight is 376 g/mol. The minimum Gasteiger partial charge on any atom is -0.482 e. The van der Waals surface area contributed by atoms with Crippen LogP contribution in [0.3, 0.4) is 0 Å². The third-order valence-corrected chi connectivity index (χ3v) is 4.02. The predicted octanol–water partition coefficient (Wildman–Crippen LogP) is 3.30. The second-order valence-electron chi connectivity index (χ2n) is 5.60. The molecule has 0 unspecified atom stereocenters. The Hall–Kier alpha value is -2.34. The summed E-state index contributed by atoms with van der Waals surface area (Å²) >= 11 is 3.41. The zero-order valence-corrected chi connectivity index (χ0v) is 14.1. The Morgan fingerprint density at radius 1 is 1.26 bits per heavy atom. The van der Waals surface area contributed by atoms with Crippen LogP contribution in [0.1, 0.15) is 19.4 Å². The Morgan fingerprint density at radius 2 is 2.04 bits per heavy atom. The second-order valence-corrected chi connectivity index (χ2v) is 6.52. The highest BCUT2D eigenvalue weighted by Crippen LogP contribution is 2.41. The molecule has 0 atom stereocenters. The monoisotopic (exact) mass is 375 g/mol. The molecular formula is C17H14BrNO4. The van der Waals surface area contributed by atoms with Crippen LogP contribution in [-0.4, -0.2) is 16.9 Å². The van der Waals surface area contributed by atoms with E-state index in [1.54, 1.807) is 19.9 Å². The Bertz CT molecular complexity index is 867. The van der Waals surface area contributed by atoms with Gasteiger partial charge in [-0.1, -0.05) is 15.9 Å². The summed E-state index contributed by atoms with van der Waals surface area (Å²) in [6.45, 7) is 3.59. The number of nitrogens with one attached hydrogen (secondary N) is 1. The first-order chi connectivity index (χ1) is 10.9. The van der Waals surface area contributed by atoms with Gasteiger partial charge in [0.25, 0.3) is 5.56 Å². The summed E-state index contributed by atoms with van der Waals surface area (Å²) in [7, 11) is 0. The molecule has 0 spiro atoms. The number of halogens is 1. The molecule has 23 heavy (non-hydrogen) atoms. The van der Waals surface area contributed by atoms with Gasteiger partial charge in [0.15, 0.2) is 6.29 Å². The Balaban J connectivity index is 2.19. The van der Waals surface area contributed by atoms with Gasteiger partial charge in [-0.15, -0.1) is 0 Å². The summed E-state index contributed by atoms with van der Waals surface area (Å²) in [5.41, 5.74) is -0.0833. The minimum atomic E-state index is -0.834. The quantitative estimate of drug-likeness (QED) is 0.835. The molecule has 118 valence electrons. The highest BCUT2D eigenvalue weighted by molar-refractivity contribution is 9.10. The summed E-state index contributed by atoms with van der Waals surface area (Å²) in [5.74, 6) is 1.36. The van der Waals surface area contributed by atoms with Crippen molar-refractivity contribution in [2.45, 2.75) is 19.4 Å². The van der Waals surface area contributed by atoms with E-state index in [9.17, 15) is 9.59 Å².